The summed E-state index contributed by atoms with van der Waals surface area (Å²) in [7, 11) is 0. The van der Waals surface area contributed by atoms with Crippen LogP contribution in [0.3, 0.4) is 0 Å². The molecule has 1 unspecified atom stereocenters. The van der Waals surface area contributed by atoms with E-state index in [0.29, 0.717) is 11.8 Å². The minimum Gasteiger partial charge on any atom is -0.355 e. The van der Waals surface area contributed by atoms with Crippen molar-refractivity contribution in [3.63, 3.8) is 0 Å². The lowest BCUT2D eigenvalue weighted by molar-refractivity contribution is -0.132. The molecule has 0 saturated carbocycles. The Morgan fingerprint density at radius 1 is 1.40 bits per heavy atom. The molecule has 0 bridgehead atoms. The highest BCUT2D eigenvalue weighted by Crippen LogP contribution is 2.34. The van der Waals surface area contributed by atoms with Crippen LogP contribution in [0, 0.1) is 17.3 Å². The number of hydrogen-bond acceptors (Lipinski definition) is 2. The normalized spacial score (nSPS) is 26.3. The first kappa shape index (κ1) is 12.5. The van der Waals surface area contributed by atoms with Gasteiger partial charge in [0, 0.05) is 13.1 Å². The van der Waals surface area contributed by atoms with Gasteiger partial charge in [0.25, 0.3) is 0 Å². The van der Waals surface area contributed by atoms with Gasteiger partial charge in [-0.3, -0.25) is 4.79 Å². The topological polar surface area (TPSA) is 41.1 Å². The Balaban J connectivity index is 2.60. The smallest absolute Gasteiger partial charge is 0.227 e. The summed E-state index contributed by atoms with van der Waals surface area (Å²) in [5.41, 5.74) is -0.172. The lowest BCUT2D eigenvalue weighted by Gasteiger charge is -2.31. The summed E-state index contributed by atoms with van der Waals surface area (Å²) in [4.78, 5) is 12.2. The van der Waals surface area contributed by atoms with Crippen molar-refractivity contribution in [2.24, 2.45) is 17.3 Å². The van der Waals surface area contributed by atoms with E-state index in [-0.39, 0.29) is 11.3 Å². The molecular formula is C12H24N2O. The number of nitrogens with one attached hydrogen (secondary N) is 2. The third-order valence-electron chi connectivity index (χ3n) is 3.42. The molecule has 88 valence electrons. The van der Waals surface area contributed by atoms with Crippen molar-refractivity contribution in [2.75, 3.05) is 19.6 Å². The predicted octanol–water partition coefficient (Wildman–Crippen LogP) is 1.39. The average Bonchev–Trinajstić information content (AvgIpc) is 2.63. The van der Waals surface area contributed by atoms with Crippen LogP contribution in [0.1, 0.15) is 34.1 Å². The fraction of sp³-hybridized carbons (Fsp3) is 0.917. The third-order valence-corrected chi connectivity index (χ3v) is 3.42. The molecule has 3 nitrogen and oxygen atoms in total. The van der Waals surface area contributed by atoms with E-state index in [1.165, 1.54) is 0 Å². The van der Waals surface area contributed by atoms with Crippen LogP contribution in [-0.4, -0.2) is 25.5 Å². The van der Waals surface area contributed by atoms with Crippen LogP contribution in [0.25, 0.3) is 0 Å². The molecule has 1 fully saturated rings. The van der Waals surface area contributed by atoms with Crippen LogP contribution < -0.4 is 10.6 Å². The molecule has 1 aliphatic heterocycles. The number of carbonyl (C=O) groups is 1. The van der Waals surface area contributed by atoms with E-state index in [4.69, 9.17) is 0 Å². The van der Waals surface area contributed by atoms with Gasteiger partial charge in [0.2, 0.25) is 5.91 Å². The van der Waals surface area contributed by atoms with Gasteiger partial charge in [0.15, 0.2) is 0 Å². The van der Waals surface area contributed by atoms with Crippen molar-refractivity contribution in [1.29, 1.82) is 0 Å². The van der Waals surface area contributed by atoms with Crippen LogP contribution >= 0.6 is 0 Å². The zero-order valence-corrected chi connectivity index (χ0v) is 10.4. The second kappa shape index (κ2) is 4.97. The van der Waals surface area contributed by atoms with E-state index >= 15 is 0 Å². The summed E-state index contributed by atoms with van der Waals surface area (Å²) in [6.07, 6.45) is 0.967. The maximum atomic E-state index is 12.2. The Kier molecular flexibility index (Phi) is 4.14. The van der Waals surface area contributed by atoms with Crippen molar-refractivity contribution in [1.82, 2.24) is 10.6 Å². The maximum absolute atomic E-state index is 12.2. The molecule has 0 aromatic rings. The lowest BCUT2D eigenvalue weighted by Crippen LogP contribution is -2.46. The Hall–Kier alpha value is -0.570. The molecule has 1 atom stereocenters. The van der Waals surface area contributed by atoms with Crippen LogP contribution in [0.5, 0.6) is 0 Å². The molecule has 0 spiro atoms. The summed E-state index contributed by atoms with van der Waals surface area (Å²) < 4.78 is 0. The quantitative estimate of drug-likeness (QED) is 0.739. The summed E-state index contributed by atoms with van der Waals surface area (Å²) in [6.45, 7) is 11.1. The van der Waals surface area contributed by atoms with Crippen molar-refractivity contribution < 1.29 is 4.79 Å². The highest BCUT2D eigenvalue weighted by molar-refractivity contribution is 5.83. The van der Waals surface area contributed by atoms with Gasteiger partial charge in [-0.2, -0.15) is 0 Å². The van der Waals surface area contributed by atoms with Gasteiger partial charge in [0.05, 0.1) is 5.41 Å². The largest absolute Gasteiger partial charge is 0.355 e. The first-order valence-corrected chi connectivity index (χ1v) is 5.98. The SMILES string of the molecule is CC(C)CNC(=O)C1(C(C)C)CCNC1. The fourth-order valence-electron chi connectivity index (χ4n) is 2.13. The monoisotopic (exact) mass is 212 g/mol. The van der Waals surface area contributed by atoms with E-state index in [9.17, 15) is 4.79 Å². The zero-order chi connectivity index (χ0) is 11.5. The van der Waals surface area contributed by atoms with Gasteiger partial charge in [0.1, 0.15) is 0 Å². The molecular weight excluding hydrogens is 188 g/mol. The Morgan fingerprint density at radius 3 is 2.47 bits per heavy atom. The van der Waals surface area contributed by atoms with E-state index in [0.717, 1.165) is 26.1 Å². The van der Waals surface area contributed by atoms with E-state index in [2.05, 4.69) is 38.3 Å². The first-order chi connectivity index (χ1) is 6.99. The van der Waals surface area contributed by atoms with E-state index in [1.807, 2.05) is 0 Å². The third kappa shape index (κ3) is 2.71. The van der Waals surface area contributed by atoms with E-state index < -0.39 is 0 Å². The molecule has 1 heterocycles. The molecule has 0 aliphatic carbocycles. The number of amides is 1. The van der Waals surface area contributed by atoms with Crippen LogP contribution in [0.2, 0.25) is 0 Å². The molecule has 0 radical (unpaired) electrons. The summed E-state index contributed by atoms with van der Waals surface area (Å²) >= 11 is 0. The van der Waals surface area contributed by atoms with Gasteiger partial charge in [-0.15, -0.1) is 0 Å². The highest BCUT2D eigenvalue weighted by Gasteiger charge is 2.43. The summed E-state index contributed by atoms with van der Waals surface area (Å²) in [5.74, 6) is 1.16. The highest BCUT2D eigenvalue weighted by atomic mass is 16.2. The summed E-state index contributed by atoms with van der Waals surface area (Å²) in [6, 6.07) is 0. The minimum absolute atomic E-state index is 0.172. The molecule has 0 aromatic heterocycles. The van der Waals surface area contributed by atoms with Crippen LogP contribution in [0.4, 0.5) is 0 Å². The van der Waals surface area contributed by atoms with Crippen molar-refractivity contribution in [3.8, 4) is 0 Å². The standard InChI is InChI=1S/C12H24N2O/c1-9(2)7-14-11(15)12(10(3)4)5-6-13-8-12/h9-10,13H,5-8H2,1-4H3,(H,14,15). The van der Waals surface area contributed by atoms with Crippen LogP contribution in [-0.2, 0) is 4.79 Å². The predicted molar refractivity (Wildman–Crippen MR) is 62.6 cm³/mol. The average molecular weight is 212 g/mol. The van der Waals surface area contributed by atoms with Gasteiger partial charge in [-0.1, -0.05) is 27.7 Å². The van der Waals surface area contributed by atoms with Crippen molar-refractivity contribution in [3.05, 3.63) is 0 Å². The molecule has 1 aliphatic rings. The minimum atomic E-state index is -0.172. The zero-order valence-electron chi connectivity index (χ0n) is 10.4. The molecule has 1 rings (SSSR count). The maximum Gasteiger partial charge on any atom is 0.227 e. The number of carbonyl (C=O) groups excluding carboxylic acids is 1. The van der Waals surface area contributed by atoms with Gasteiger partial charge in [-0.05, 0) is 24.8 Å². The van der Waals surface area contributed by atoms with Crippen molar-refractivity contribution in [2.45, 2.75) is 34.1 Å². The second-order valence-electron chi connectivity index (χ2n) is 5.34. The lowest BCUT2D eigenvalue weighted by atomic mass is 9.75. The molecule has 0 aromatic carbocycles. The fourth-order valence-corrected chi connectivity index (χ4v) is 2.13. The first-order valence-electron chi connectivity index (χ1n) is 5.98. The molecule has 15 heavy (non-hydrogen) atoms. The molecule has 1 saturated heterocycles. The Labute approximate surface area is 93.0 Å². The Morgan fingerprint density at radius 2 is 2.07 bits per heavy atom. The van der Waals surface area contributed by atoms with Gasteiger partial charge >= 0.3 is 0 Å². The van der Waals surface area contributed by atoms with Crippen molar-refractivity contribution >= 4 is 5.91 Å². The molecule has 1 amide bonds. The Bertz CT molecular complexity index is 218. The van der Waals surface area contributed by atoms with Gasteiger partial charge in [-0.25, -0.2) is 0 Å². The van der Waals surface area contributed by atoms with Crippen LogP contribution in [0.15, 0.2) is 0 Å². The number of rotatable bonds is 4. The van der Waals surface area contributed by atoms with Gasteiger partial charge < -0.3 is 10.6 Å². The summed E-state index contributed by atoms with van der Waals surface area (Å²) in [5, 5.41) is 6.37. The number of hydrogen-bond donors (Lipinski definition) is 2. The van der Waals surface area contributed by atoms with E-state index in [1.54, 1.807) is 0 Å². The second-order valence-corrected chi connectivity index (χ2v) is 5.34. The molecule has 2 N–H and O–H groups in total. The molecule has 3 heteroatoms.